The van der Waals surface area contributed by atoms with E-state index in [1.54, 1.807) is 24.3 Å². The van der Waals surface area contributed by atoms with Gasteiger partial charge in [-0.05, 0) is 68.2 Å². The topological polar surface area (TPSA) is 154 Å². The third kappa shape index (κ3) is 5.36. The number of amides is 1. The largest absolute Gasteiger partial charge is 0.560 e. The Balaban J connectivity index is 1.32. The van der Waals surface area contributed by atoms with Crippen molar-refractivity contribution >= 4 is 52.0 Å². The van der Waals surface area contributed by atoms with Crippen LogP contribution < -0.4 is 26.9 Å². The number of nitrogens with zero attached hydrogens (tertiary/aromatic N) is 2. The number of hydrogen-bond acceptors (Lipinski definition) is 10. The second-order valence-corrected chi connectivity index (χ2v) is 8.01. The van der Waals surface area contributed by atoms with Crippen molar-refractivity contribution in [3.8, 4) is 0 Å². The quantitative estimate of drug-likeness (QED) is 0.104. The molecule has 1 amide bonds. The molecule has 0 radical (unpaired) electrons. The lowest BCUT2D eigenvalue weighted by Crippen LogP contribution is -2.37. The third-order valence-electron chi connectivity index (χ3n) is 4.92. The SMILES string of the molecule is O=C(NCCNc1nonc1C(NO)Nc1ccc(F)c(Br)c1)c1ccc2c(c1)B(O)OC=C2. The lowest BCUT2D eigenvalue weighted by molar-refractivity contribution is 0.0955. The van der Waals surface area contributed by atoms with Gasteiger partial charge in [0.25, 0.3) is 5.91 Å². The molecule has 6 N–H and O–H groups in total. The van der Waals surface area contributed by atoms with Crippen LogP contribution in [0.5, 0.6) is 0 Å². The smallest absolute Gasteiger partial charge is 0.538 e. The van der Waals surface area contributed by atoms with Crippen LogP contribution in [0.2, 0.25) is 0 Å². The molecule has 14 heteroatoms. The van der Waals surface area contributed by atoms with E-state index >= 15 is 0 Å². The number of benzene rings is 2. The molecule has 0 spiro atoms. The molecule has 0 saturated carbocycles. The van der Waals surface area contributed by atoms with Crippen LogP contribution in [0, 0.1) is 5.82 Å². The fraction of sp³-hybridized carbons (Fsp3) is 0.150. The van der Waals surface area contributed by atoms with Crippen LogP contribution in [0.15, 0.2) is 51.8 Å². The van der Waals surface area contributed by atoms with Crippen LogP contribution in [-0.2, 0) is 4.65 Å². The van der Waals surface area contributed by atoms with Crippen molar-refractivity contribution in [3.05, 3.63) is 69.8 Å². The van der Waals surface area contributed by atoms with Crippen LogP contribution in [0.25, 0.3) is 6.08 Å². The molecule has 2 aromatic carbocycles. The zero-order chi connectivity index (χ0) is 24.1. The van der Waals surface area contributed by atoms with Crippen molar-refractivity contribution in [2.45, 2.75) is 6.17 Å². The van der Waals surface area contributed by atoms with Gasteiger partial charge >= 0.3 is 7.12 Å². The summed E-state index contributed by atoms with van der Waals surface area (Å²) in [5, 5.41) is 35.7. The Hall–Kier alpha value is -3.46. The van der Waals surface area contributed by atoms with Crippen molar-refractivity contribution in [2.24, 2.45) is 0 Å². The highest BCUT2D eigenvalue weighted by Crippen LogP contribution is 2.25. The second kappa shape index (κ2) is 10.6. The molecular formula is C20H19BBrFN6O5. The normalized spacial score (nSPS) is 13.1. The average molecular weight is 533 g/mol. The summed E-state index contributed by atoms with van der Waals surface area (Å²) in [5.74, 6) is -0.526. The number of fused-ring (bicyclic) bond motifs is 1. The Morgan fingerprint density at radius 1 is 1.21 bits per heavy atom. The highest BCUT2D eigenvalue weighted by atomic mass is 79.9. The second-order valence-electron chi connectivity index (χ2n) is 7.15. The van der Waals surface area contributed by atoms with Gasteiger partial charge in [-0.3, -0.25) is 4.79 Å². The van der Waals surface area contributed by atoms with Gasteiger partial charge in [0.05, 0.1) is 10.7 Å². The van der Waals surface area contributed by atoms with E-state index in [-0.39, 0.29) is 35.0 Å². The van der Waals surface area contributed by atoms with Gasteiger partial charge in [-0.25, -0.2) is 9.02 Å². The monoisotopic (exact) mass is 532 g/mol. The Morgan fingerprint density at radius 3 is 2.85 bits per heavy atom. The number of rotatable bonds is 9. The minimum absolute atomic E-state index is 0.214. The summed E-state index contributed by atoms with van der Waals surface area (Å²) in [6.07, 6.45) is 2.19. The van der Waals surface area contributed by atoms with Gasteiger partial charge in [-0.1, -0.05) is 6.07 Å². The molecule has 0 bridgehead atoms. The van der Waals surface area contributed by atoms with Gasteiger partial charge in [0, 0.05) is 29.8 Å². The molecule has 3 aromatic rings. The zero-order valence-electron chi connectivity index (χ0n) is 17.5. The van der Waals surface area contributed by atoms with Crippen molar-refractivity contribution in [2.75, 3.05) is 23.7 Å². The summed E-state index contributed by atoms with van der Waals surface area (Å²) < 4.78 is 23.5. The number of carbonyl (C=O) groups excluding carboxylic acids is 1. The van der Waals surface area contributed by atoms with E-state index in [9.17, 15) is 19.4 Å². The minimum Gasteiger partial charge on any atom is -0.538 e. The van der Waals surface area contributed by atoms with E-state index in [0.29, 0.717) is 16.7 Å². The number of nitrogens with one attached hydrogen (secondary N) is 4. The first-order chi connectivity index (χ1) is 16.5. The Kier molecular flexibility index (Phi) is 7.42. The summed E-state index contributed by atoms with van der Waals surface area (Å²) in [6, 6.07) is 9.20. The summed E-state index contributed by atoms with van der Waals surface area (Å²) in [7, 11) is -1.12. The van der Waals surface area contributed by atoms with Gasteiger partial charge in [0.1, 0.15) is 5.82 Å². The van der Waals surface area contributed by atoms with E-state index in [1.165, 1.54) is 24.5 Å². The van der Waals surface area contributed by atoms with Crippen LogP contribution in [0.3, 0.4) is 0 Å². The molecule has 176 valence electrons. The number of aromatic nitrogens is 2. The van der Waals surface area contributed by atoms with Crippen molar-refractivity contribution in [1.29, 1.82) is 0 Å². The van der Waals surface area contributed by atoms with Gasteiger partial charge in [-0.15, -0.1) is 0 Å². The molecule has 4 rings (SSSR count). The van der Waals surface area contributed by atoms with Crippen LogP contribution >= 0.6 is 15.9 Å². The predicted octanol–water partition coefficient (Wildman–Crippen LogP) is 1.59. The summed E-state index contributed by atoms with van der Waals surface area (Å²) >= 11 is 3.10. The molecule has 0 aliphatic carbocycles. The van der Waals surface area contributed by atoms with Gasteiger partial charge < -0.3 is 30.8 Å². The number of anilines is 2. The minimum atomic E-state index is -1.12. The maximum Gasteiger partial charge on any atom is 0.560 e. The van der Waals surface area contributed by atoms with E-state index in [4.69, 9.17) is 9.28 Å². The van der Waals surface area contributed by atoms with Crippen LogP contribution in [0.1, 0.15) is 27.8 Å². The van der Waals surface area contributed by atoms with Crippen LogP contribution in [0.4, 0.5) is 15.9 Å². The van der Waals surface area contributed by atoms with E-state index in [1.807, 2.05) is 0 Å². The number of halogens is 2. The maximum atomic E-state index is 13.4. The van der Waals surface area contributed by atoms with Crippen LogP contribution in [-0.4, -0.2) is 46.7 Å². The molecule has 1 aliphatic rings. The van der Waals surface area contributed by atoms with Crippen molar-refractivity contribution < 1.29 is 28.7 Å². The number of hydroxylamine groups is 1. The highest BCUT2D eigenvalue weighted by molar-refractivity contribution is 9.10. The van der Waals surface area contributed by atoms with Gasteiger partial charge in [0.15, 0.2) is 17.7 Å². The molecule has 1 unspecified atom stereocenters. The predicted molar refractivity (Wildman–Crippen MR) is 125 cm³/mol. The standard InChI is InChI=1S/C20H19BBrFN6O5/c22-15-10-13(3-4-16(15)23)26-19(27-32)17-18(29-34-28-17)24-6-7-25-20(30)12-2-1-11-5-8-33-21(31)14(11)9-12/h1-5,8-10,19,26-27,31-32H,6-7H2,(H,24,29)(H,25,30). The lowest BCUT2D eigenvalue weighted by Gasteiger charge is -2.17. The van der Waals surface area contributed by atoms with E-state index in [0.717, 1.165) is 5.56 Å². The maximum absolute atomic E-state index is 13.4. The number of carbonyl (C=O) groups is 1. The lowest BCUT2D eigenvalue weighted by atomic mass is 9.74. The third-order valence-corrected chi connectivity index (χ3v) is 5.53. The first-order valence-electron chi connectivity index (χ1n) is 10.1. The Bertz CT molecular complexity index is 1210. The molecule has 1 atom stereocenters. The first-order valence-corrected chi connectivity index (χ1v) is 10.9. The Morgan fingerprint density at radius 2 is 2.06 bits per heavy atom. The van der Waals surface area contributed by atoms with E-state index < -0.39 is 19.1 Å². The van der Waals surface area contributed by atoms with Crippen molar-refractivity contribution in [1.82, 2.24) is 21.1 Å². The molecule has 11 nitrogen and oxygen atoms in total. The van der Waals surface area contributed by atoms with Crippen molar-refractivity contribution in [3.63, 3.8) is 0 Å². The zero-order valence-corrected chi connectivity index (χ0v) is 19.0. The summed E-state index contributed by atoms with van der Waals surface area (Å²) in [4.78, 5) is 12.5. The van der Waals surface area contributed by atoms with Gasteiger partial charge in [-0.2, -0.15) is 5.48 Å². The fourth-order valence-electron chi connectivity index (χ4n) is 3.22. The van der Waals surface area contributed by atoms with E-state index in [2.05, 4.69) is 47.7 Å². The highest BCUT2D eigenvalue weighted by Gasteiger charge is 2.25. The number of hydrogen-bond donors (Lipinski definition) is 6. The fourth-order valence-corrected chi connectivity index (χ4v) is 3.60. The molecule has 0 fully saturated rings. The summed E-state index contributed by atoms with van der Waals surface area (Å²) in [6.45, 7) is 0.503. The molecular weight excluding hydrogens is 514 g/mol. The summed E-state index contributed by atoms with van der Waals surface area (Å²) in [5.41, 5.74) is 4.43. The first kappa shape index (κ1) is 23.7. The molecule has 1 aromatic heterocycles. The molecule has 2 heterocycles. The van der Waals surface area contributed by atoms with Gasteiger partial charge in [0.2, 0.25) is 0 Å². The average Bonchev–Trinajstić information content (AvgIpc) is 3.30. The Labute approximate surface area is 201 Å². The molecule has 1 aliphatic heterocycles. The molecule has 0 saturated heterocycles. The molecule has 34 heavy (non-hydrogen) atoms.